The van der Waals surface area contributed by atoms with Crippen molar-refractivity contribution in [2.45, 2.75) is 46.1 Å². The van der Waals surface area contributed by atoms with Crippen LogP contribution in [-0.2, 0) is 11.3 Å². The summed E-state index contributed by atoms with van der Waals surface area (Å²) in [4.78, 5) is 8.68. The summed E-state index contributed by atoms with van der Waals surface area (Å²) in [5.74, 6) is 1.97. The van der Waals surface area contributed by atoms with Crippen molar-refractivity contribution in [1.82, 2.24) is 20.8 Å². The van der Waals surface area contributed by atoms with Gasteiger partial charge in [0, 0.05) is 33.7 Å². The number of guanidine groups is 1. The fraction of sp³-hybridized carbons (Fsp3) is 0.800. The van der Waals surface area contributed by atoms with Crippen LogP contribution in [0.1, 0.15) is 44.3 Å². The predicted octanol–water partition coefficient (Wildman–Crippen LogP) is 2.26. The van der Waals surface area contributed by atoms with Gasteiger partial charge in [-0.15, -0.1) is 24.0 Å². The first kappa shape index (κ1) is 20.1. The molecule has 0 amide bonds. The normalized spacial score (nSPS) is 16.4. The molecule has 8 heteroatoms. The van der Waals surface area contributed by atoms with E-state index in [2.05, 4.69) is 32.7 Å². The zero-order valence-electron chi connectivity index (χ0n) is 14.2. The number of aryl methyl sites for hydroxylation is 1. The Hall–Kier alpha value is -0.900. The molecule has 1 heterocycles. The summed E-state index contributed by atoms with van der Waals surface area (Å²) in [5.41, 5.74) is 0.356. The molecule has 1 aromatic rings. The van der Waals surface area contributed by atoms with Crippen molar-refractivity contribution < 1.29 is 9.26 Å². The maximum Gasteiger partial charge on any atom is 0.223 e. The molecule has 7 nitrogen and oxygen atoms in total. The molecule has 2 rings (SSSR count). The van der Waals surface area contributed by atoms with E-state index in [0.717, 1.165) is 32.1 Å². The Balaban J connectivity index is 0.00000264. The minimum absolute atomic E-state index is 0. The van der Waals surface area contributed by atoms with Crippen LogP contribution in [-0.4, -0.2) is 42.9 Å². The second-order valence-electron chi connectivity index (χ2n) is 5.87. The molecule has 1 saturated carbocycles. The van der Waals surface area contributed by atoms with Gasteiger partial charge in [-0.1, -0.05) is 11.6 Å². The van der Waals surface area contributed by atoms with Crippen LogP contribution in [0.5, 0.6) is 0 Å². The van der Waals surface area contributed by atoms with E-state index >= 15 is 0 Å². The van der Waals surface area contributed by atoms with Crippen molar-refractivity contribution in [1.29, 1.82) is 0 Å². The molecule has 0 spiro atoms. The van der Waals surface area contributed by atoms with Crippen molar-refractivity contribution in [2.75, 3.05) is 26.8 Å². The number of hydrogen-bond donors (Lipinski definition) is 2. The van der Waals surface area contributed by atoms with Gasteiger partial charge in [0.25, 0.3) is 0 Å². The summed E-state index contributed by atoms with van der Waals surface area (Å²) < 4.78 is 10.2. The highest BCUT2D eigenvalue weighted by Crippen LogP contribution is 2.43. The molecule has 132 valence electrons. The fourth-order valence-corrected chi connectivity index (χ4v) is 2.68. The maximum absolute atomic E-state index is 5.23. The number of aromatic nitrogens is 2. The van der Waals surface area contributed by atoms with Crippen LogP contribution in [0, 0.1) is 12.3 Å². The van der Waals surface area contributed by atoms with Gasteiger partial charge in [-0.3, -0.25) is 0 Å². The summed E-state index contributed by atoms with van der Waals surface area (Å²) >= 11 is 0. The molecule has 1 fully saturated rings. The van der Waals surface area contributed by atoms with Gasteiger partial charge in [0.15, 0.2) is 11.8 Å². The summed E-state index contributed by atoms with van der Waals surface area (Å²) in [6.45, 7) is 6.81. The molecule has 0 aliphatic heterocycles. The third-order valence-corrected chi connectivity index (χ3v) is 4.17. The number of halogens is 1. The lowest BCUT2D eigenvalue weighted by Crippen LogP contribution is -2.47. The van der Waals surface area contributed by atoms with Crippen LogP contribution in [0.2, 0.25) is 0 Å². The molecular formula is C15H28IN5O2. The first-order valence-corrected chi connectivity index (χ1v) is 7.98. The number of hydrogen-bond acceptors (Lipinski definition) is 5. The first-order chi connectivity index (χ1) is 10.7. The van der Waals surface area contributed by atoms with E-state index in [1.54, 1.807) is 14.0 Å². The SMILES string of the molecule is CCNC(=NCc1noc(C)n1)NCC1(CCOC)CCC1.I. The van der Waals surface area contributed by atoms with Gasteiger partial charge in [-0.2, -0.15) is 4.98 Å². The highest BCUT2D eigenvalue weighted by Gasteiger charge is 2.36. The molecule has 0 atom stereocenters. The molecule has 0 unspecified atom stereocenters. The van der Waals surface area contributed by atoms with Crippen molar-refractivity contribution in [2.24, 2.45) is 10.4 Å². The van der Waals surface area contributed by atoms with Crippen LogP contribution in [0.4, 0.5) is 0 Å². The number of aliphatic imine (C=N–C) groups is 1. The van der Waals surface area contributed by atoms with Crippen LogP contribution >= 0.6 is 24.0 Å². The standard InChI is InChI=1S/C15H27N5O2.HI/c1-4-16-14(17-10-13-19-12(2)22-20-13)18-11-15(6-5-7-15)8-9-21-3;/h4-11H2,1-3H3,(H2,16,17,18);1H. The molecule has 1 aliphatic carbocycles. The van der Waals surface area contributed by atoms with Crippen LogP contribution < -0.4 is 10.6 Å². The molecule has 1 aliphatic rings. The molecule has 0 bridgehead atoms. The number of rotatable bonds is 8. The zero-order chi connectivity index (χ0) is 15.8. The van der Waals surface area contributed by atoms with Gasteiger partial charge >= 0.3 is 0 Å². The molecule has 0 aromatic carbocycles. The minimum Gasteiger partial charge on any atom is -0.385 e. The van der Waals surface area contributed by atoms with E-state index in [-0.39, 0.29) is 24.0 Å². The second-order valence-corrected chi connectivity index (χ2v) is 5.87. The Kier molecular flexibility index (Phi) is 8.82. The second kappa shape index (κ2) is 10.1. The van der Waals surface area contributed by atoms with E-state index in [1.165, 1.54) is 19.3 Å². The van der Waals surface area contributed by atoms with Gasteiger partial charge in [0.05, 0.1) is 0 Å². The van der Waals surface area contributed by atoms with Gasteiger partial charge in [0.1, 0.15) is 6.54 Å². The van der Waals surface area contributed by atoms with Crippen molar-refractivity contribution in [3.8, 4) is 0 Å². The predicted molar refractivity (Wildman–Crippen MR) is 100 cm³/mol. The zero-order valence-corrected chi connectivity index (χ0v) is 16.6. The summed E-state index contributed by atoms with van der Waals surface area (Å²) in [7, 11) is 1.76. The Morgan fingerprint density at radius 2 is 2.17 bits per heavy atom. The van der Waals surface area contributed by atoms with Crippen molar-refractivity contribution in [3.05, 3.63) is 11.7 Å². The Labute approximate surface area is 155 Å². The number of nitrogens with one attached hydrogen (secondary N) is 2. The maximum atomic E-state index is 5.23. The smallest absolute Gasteiger partial charge is 0.223 e. The number of ether oxygens (including phenoxy) is 1. The monoisotopic (exact) mass is 437 g/mol. The third kappa shape index (κ3) is 6.25. The lowest BCUT2D eigenvalue weighted by atomic mass is 9.67. The quantitative estimate of drug-likeness (QED) is 0.369. The largest absolute Gasteiger partial charge is 0.385 e. The highest BCUT2D eigenvalue weighted by molar-refractivity contribution is 14.0. The summed E-state index contributed by atoms with van der Waals surface area (Å²) in [5, 5.41) is 10.6. The molecule has 2 N–H and O–H groups in total. The van der Waals surface area contributed by atoms with Crippen LogP contribution in [0.25, 0.3) is 0 Å². The van der Waals surface area contributed by atoms with E-state index in [4.69, 9.17) is 9.26 Å². The first-order valence-electron chi connectivity index (χ1n) is 7.98. The Morgan fingerprint density at radius 3 is 2.70 bits per heavy atom. The van der Waals surface area contributed by atoms with Gasteiger partial charge in [-0.25, -0.2) is 4.99 Å². The summed E-state index contributed by atoms with van der Waals surface area (Å²) in [6, 6.07) is 0. The van der Waals surface area contributed by atoms with E-state index in [0.29, 0.717) is 23.7 Å². The third-order valence-electron chi connectivity index (χ3n) is 4.17. The van der Waals surface area contributed by atoms with E-state index in [9.17, 15) is 0 Å². The average Bonchev–Trinajstić information content (AvgIpc) is 2.88. The van der Waals surface area contributed by atoms with E-state index < -0.39 is 0 Å². The van der Waals surface area contributed by atoms with Crippen LogP contribution in [0.15, 0.2) is 9.52 Å². The molecule has 0 saturated heterocycles. The average molecular weight is 437 g/mol. The van der Waals surface area contributed by atoms with Crippen molar-refractivity contribution >= 4 is 29.9 Å². The lowest BCUT2D eigenvalue weighted by Gasteiger charge is -2.42. The molecule has 23 heavy (non-hydrogen) atoms. The number of methoxy groups -OCH3 is 1. The van der Waals surface area contributed by atoms with Gasteiger partial charge in [0.2, 0.25) is 5.89 Å². The molecule has 0 radical (unpaired) electrons. The number of nitrogens with zero attached hydrogens (tertiary/aromatic N) is 3. The highest BCUT2D eigenvalue weighted by atomic mass is 127. The fourth-order valence-electron chi connectivity index (χ4n) is 2.68. The van der Waals surface area contributed by atoms with Crippen LogP contribution in [0.3, 0.4) is 0 Å². The minimum atomic E-state index is 0. The van der Waals surface area contributed by atoms with Gasteiger partial charge < -0.3 is 19.9 Å². The Bertz CT molecular complexity index is 488. The van der Waals surface area contributed by atoms with E-state index in [1.807, 2.05) is 0 Å². The van der Waals surface area contributed by atoms with Crippen molar-refractivity contribution in [3.63, 3.8) is 0 Å². The molecule has 1 aromatic heterocycles. The lowest BCUT2D eigenvalue weighted by molar-refractivity contribution is 0.0732. The summed E-state index contributed by atoms with van der Waals surface area (Å²) in [6.07, 6.45) is 4.92. The van der Waals surface area contributed by atoms with Gasteiger partial charge in [-0.05, 0) is 31.6 Å². The Morgan fingerprint density at radius 1 is 1.39 bits per heavy atom. The molecular weight excluding hydrogens is 409 g/mol. The topological polar surface area (TPSA) is 84.6 Å².